The summed E-state index contributed by atoms with van der Waals surface area (Å²) in [6, 6.07) is 5.56. The summed E-state index contributed by atoms with van der Waals surface area (Å²) < 4.78 is 0. The van der Waals surface area contributed by atoms with E-state index in [0.29, 0.717) is 11.5 Å². The molecule has 1 aromatic carbocycles. The number of hydrogen-bond donors (Lipinski definition) is 2. The van der Waals surface area contributed by atoms with Gasteiger partial charge in [0.2, 0.25) is 5.95 Å². The van der Waals surface area contributed by atoms with Crippen LogP contribution in [0, 0.1) is 0 Å². The first-order chi connectivity index (χ1) is 11.7. The number of amides is 1. The molecule has 6 heteroatoms. The SMILES string of the molecule is CCCc1cnc(Nc2ccc(C(N)=O)c(N3CCCC3)c2)nc1. The lowest BCUT2D eigenvalue weighted by Gasteiger charge is -2.21. The number of hydrogen-bond acceptors (Lipinski definition) is 5. The van der Waals surface area contributed by atoms with Crippen LogP contribution >= 0.6 is 0 Å². The minimum Gasteiger partial charge on any atom is -0.371 e. The van der Waals surface area contributed by atoms with Gasteiger partial charge in [-0.05, 0) is 43.0 Å². The smallest absolute Gasteiger partial charge is 0.250 e. The molecule has 0 saturated carbocycles. The molecule has 3 N–H and O–H groups in total. The molecule has 0 unspecified atom stereocenters. The number of nitrogens with two attached hydrogens (primary N) is 1. The van der Waals surface area contributed by atoms with Gasteiger partial charge in [-0.2, -0.15) is 0 Å². The van der Waals surface area contributed by atoms with E-state index in [-0.39, 0.29) is 0 Å². The van der Waals surface area contributed by atoms with Crippen molar-refractivity contribution < 1.29 is 4.79 Å². The van der Waals surface area contributed by atoms with Gasteiger partial charge in [-0.1, -0.05) is 13.3 Å². The number of aromatic nitrogens is 2. The zero-order chi connectivity index (χ0) is 16.9. The summed E-state index contributed by atoms with van der Waals surface area (Å²) in [5.41, 5.74) is 8.94. The summed E-state index contributed by atoms with van der Waals surface area (Å²) >= 11 is 0. The predicted molar refractivity (Wildman–Crippen MR) is 95.7 cm³/mol. The lowest BCUT2D eigenvalue weighted by atomic mass is 10.1. The van der Waals surface area contributed by atoms with E-state index < -0.39 is 5.91 Å². The molecule has 3 rings (SSSR count). The lowest BCUT2D eigenvalue weighted by Crippen LogP contribution is -2.23. The van der Waals surface area contributed by atoms with E-state index in [9.17, 15) is 4.79 Å². The number of rotatable bonds is 6. The van der Waals surface area contributed by atoms with Crippen molar-refractivity contribution in [3.05, 3.63) is 41.7 Å². The fourth-order valence-electron chi connectivity index (χ4n) is 3.00. The summed E-state index contributed by atoms with van der Waals surface area (Å²) in [7, 11) is 0. The zero-order valence-corrected chi connectivity index (χ0v) is 14.0. The van der Waals surface area contributed by atoms with Gasteiger partial charge < -0.3 is 16.0 Å². The third kappa shape index (κ3) is 3.64. The molecular formula is C18H23N5O. The van der Waals surface area contributed by atoms with Crippen molar-refractivity contribution in [2.75, 3.05) is 23.3 Å². The Hall–Kier alpha value is -2.63. The van der Waals surface area contributed by atoms with Gasteiger partial charge in [0, 0.05) is 31.2 Å². The van der Waals surface area contributed by atoms with Crippen molar-refractivity contribution in [1.29, 1.82) is 0 Å². The fourth-order valence-corrected chi connectivity index (χ4v) is 3.00. The number of carbonyl (C=O) groups excluding carboxylic acids is 1. The van der Waals surface area contributed by atoms with Gasteiger partial charge in [-0.3, -0.25) is 4.79 Å². The highest BCUT2D eigenvalue weighted by atomic mass is 16.1. The number of nitrogens with zero attached hydrogens (tertiary/aromatic N) is 3. The Kier molecular flexibility index (Phi) is 4.93. The van der Waals surface area contributed by atoms with Crippen LogP contribution in [0.25, 0.3) is 0 Å². The first-order valence-corrected chi connectivity index (χ1v) is 8.44. The monoisotopic (exact) mass is 325 g/mol. The zero-order valence-electron chi connectivity index (χ0n) is 14.0. The summed E-state index contributed by atoms with van der Waals surface area (Å²) in [4.78, 5) is 22.6. The number of anilines is 3. The second-order valence-corrected chi connectivity index (χ2v) is 6.08. The number of carbonyl (C=O) groups is 1. The highest BCUT2D eigenvalue weighted by molar-refractivity contribution is 5.99. The van der Waals surface area contributed by atoms with Gasteiger partial charge >= 0.3 is 0 Å². The van der Waals surface area contributed by atoms with Gasteiger partial charge in [-0.15, -0.1) is 0 Å². The van der Waals surface area contributed by atoms with Crippen LogP contribution in [0.15, 0.2) is 30.6 Å². The van der Waals surface area contributed by atoms with Crippen molar-refractivity contribution in [3.8, 4) is 0 Å². The Bertz CT molecular complexity index is 708. The quantitative estimate of drug-likeness (QED) is 0.853. The van der Waals surface area contributed by atoms with E-state index >= 15 is 0 Å². The molecule has 1 aliphatic rings. The number of primary amides is 1. The number of benzene rings is 1. The highest BCUT2D eigenvalue weighted by Crippen LogP contribution is 2.28. The number of nitrogens with one attached hydrogen (secondary N) is 1. The first-order valence-electron chi connectivity index (χ1n) is 8.44. The van der Waals surface area contributed by atoms with Crippen LogP contribution in [0.5, 0.6) is 0 Å². The Morgan fingerprint density at radius 2 is 1.96 bits per heavy atom. The Balaban J connectivity index is 1.82. The maximum absolute atomic E-state index is 11.7. The minimum absolute atomic E-state index is 0.399. The maximum Gasteiger partial charge on any atom is 0.250 e. The van der Waals surface area contributed by atoms with E-state index in [1.807, 2.05) is 24.5 Å². The summed E-state index contributed by atoms with van der Waals surface area (Å²) in [6.07, 6.45) is 8.02. The van der Waals surface area contributed by atoms with E-state index in [0.717, 1.165) is 55.7 Å². The third-order valence-electron chi connectivity index (χ3n) is 4.21. The molecule has 6 nitrogen and oxygen atoms in total. The molecule has 24 heavy (non-hydrogen) atoms. The molecule has 0 spiro atoms. The van der Waals surface area contributed by atoms with E-state index in [4.69, 9.17) is 5.73 Å². The average molecular weight is 325 g/mol. The maximum atomic E-state index is 11.7. The molecule has 0 aliphatic carbocycles. The lowest BCUT2D eigenvalue weighted by molar-refractivity contribution is 0.100. The normalized spacial score (nSPS) is 14.0. The molecule has 0 bridgehead atoms. The van der Waals surface area contributed by atoms with Crippen molar-refractivity contribution in [2.24, 2.45) is 5.73 Å². The van der Waals surface area contributed by atoms with Gasteiger partial charge in [0.1, 0.15) is 0 Å². The van der Waals surface area contributed by atoms with Crippen molar-refractivity contribution in [2.45, 2.75) is 32.6 Å². The average Bonchev–Trinajstić information content (AvgIpc) is 3.11. The predicted octanol–water partition coefficient (Wildman–Crippen LogP) is 2.87. The fraction of sp³-hybridized carbons (Fsp3) is 0.389. The van der Waals surface area contributed by atoms with Crippen molar-refractivity contribution >= 4 is 23.2 Å². The summed E-state index contributed by atoms with van der Waals surface area (Å²) in [5, 5.41) is 3.20. The standard InChI is InChI=1S/C18H23N5O/c1-2-5-13-11-20-18(21-12-13)22-14-6-7-15(17(19)24)16(10-14)23-8-3-4-9-23/h6-7,10-12H,2-5,8-9H2,1H3,(H2,19,24)(H,20,21,22). The molecule has 1 aromatic heterocycles. The third-order valence-corrected chi connectivity index (χ3v) is 4.21. The van der Waals surface area contributed by atoms with E-state index in [1.54, 1.807) is 6.07 Å². The Morgan fingerprint density at radius 1 is 1.25 bits per heavy atom. The van der Waals surface area contributed by atoms with Crippen LogP contribution in [0.2, 0.25) is 0 Å². The Morgan fingerprint density at radius 3 is 2.58 bits per heavy atom. The largest absolute Gasteiger partial charge is 0.371 e. The van der Waals surface area contributed by atoms with E-state index in [1.165, 1.54) is 0 Å². The van der Waals surface area contributed by atoms with E-state index in [2.05, 4.69) is 27.1 Å². The van der Waals surface area contributed by atoms with Crippen molar-refractivity contribution in [3.63, 3.8) is 0 Å². The van der Waals surface area contributed by atoms with Gasteiger partial charge in [0.25, 0.3) is 5.91 Å². The van der Waals surface area contributed by atoms with Crippen LogP contribution in [0.4, 0.5) is 17.3 Å². The van der Waals surface area contributed by atoms with Gasteiger partial charge in [0.05, 0.1) is 11.3 Å². The molecule has 0 radical (unpaired) electrons. The highest BCUT2D eigenvalue weighted by Gasteiger charge is 2.19. The molecule has 1 aliphatic heterocycles. The van der Waals surface area contributed by atoms with Crippen LogP contribution in [0.1, 0.15) is 42.1 Å². The first kappa shape index (κ1) is 16.2. The molecule has 0 atom stereocenters. The summed E-state index contributed by atoms with van der Waals surface area (Å²) in [5.74, 6) is 0.151. The van der Waals surface area contributed by atoms with Crippen molar-refractivity contribution in [1.82, 2.24) is 9.97 Å². The number of aryl methyl sites for hydroxylation is 1. The second kappa shape index (κ2) is 7.29. The molecular weight excluding hydrogens is 302 g/mol. The second-order valence-electron chi connectivity index (χ2n) is 6.08. The summed E-state index contributed by atoms with van der Waals surface area (Å²) in [6.45, 7) is 4.03. The Labute approximate surface area is 142 Å². The minimum atomic E-state index is -0.399. The molecule has 1 fully saturated rings. The van der Waals surface area contributed by atoms with Crippen LogP contribution in [-0.2, 0) is 6.42 Å². The van der Waals surface area contributed by atoms with Gasteiger partial charge in [-0.25, -0.2) is 9.97 Å². The molecule has 1 saturated heterocycles. The topological polar surface area (TPSA) is 84.1 Å². The van der Waals surface area contributed by atoms with Crippen LogP contribution in [0.3, 0.4) is 0 Å². The molecule has 2 aromatic rings. The molecule has 126 valence electrons. The van der Waals surface area contributed by atoms with Crippen LogP contribution in [-0.4, -0.2) is 29.0 Å². The molecule has 1 amide bonds. The molecule has 2 heterocycles. The van der Waals surface area contributed by atoms with Crippen LogP contribution < -0.4 is 16.0 Å². The van der Waals surface area contributed by atoms with Gasteiger partial charge in [0.15, 0.2) is 0 Å².